The largest absolute Gasteiger partial charge is 0.326 e. The fraction of sp³-hybridized carbons (Fsp3) is 0.438. The molecule has 4 nitrogen and oxygen atoms in total. The minimum absolute atomic E-state index is 0.211. The van der Waals surface area contributed by atoms with Crippen LogP contribution in [-0.4, -0.2) is 11.6 Å². The summed E-state index contributed by atoms with van der Waals surface area (Å²) in [6.45, 7) is 12.8. The molecule has 0 aliphatic carbocycles. The molecule has 0 saturated heterocycles. The van der Waals surface area contributed by atoms with Gasteiger partial charge in [-0.3, -0.25) is 4.79 Å². The Morgan fingerprint density at radius 2 is 1.70 bits per heavy atom. The summed E-state index contributed by atoms with van der Waals surface area (Å²) < 4.78 is 0. The molecular weight excluding hydrogens is 250 g/mol. The first-order valence-corrected chi connectivity index (χ1v) is 6.83. The number of nitrogens with one attached hydrogen (secondary N) is 2. The Kier molecular flexibility index (Phi) is 10.8. The summed E-state index contributed by atoms with van der Waals surface area (Å²) in [4.78, 5) is 11.0. The summed E-state index contributed by atoms with van der Waals surface area (Å²) >= 11 is 0. The predicted octanol–water partition coefficient (Wildman–Crippen LogP) is 4.27. The molecule has 0 radical (unpaired) electrons. The highest BCUT2D eigenvalue weighted by atomic mass is 16.1. The zero-order valence-electron chi connectivity index (χ0n) is 13.5. The molecule has 0 aliphatic heterocycles. The molecule has 20 heavy (non-hydrogen) atoms. The van der Waals surface area contributed by atoms with Gasteiger partial charge in [0.25, 0.3) is 0 Å². The van der Waals surface area contributed by atoms with Gasteiger partial charge in [-0.2, -0.15) is 5.26 Å². The number of nitrogens with zero attached hydrogens (tertiary/aromatic N) is 1. The molecule has 0 bridgehead atoms. The second kappa shape index (κ2) is 10.7. The highest BCUT2D eigenvalue weighted by Gasteiger charge is 2.12. The van der Waals surface area contributed by atoms with Gasteiger partial charge in [0.05, 0.1) is 17.3 Å². The lowest BCUT2D eigenvalue weighted by molar-refractivity contribution is -0.114. The summed E-state index contributed by atoms with van der Waals surface area (Å²) in [5.74, 6) is -0.211. The van der Waals surface area contributed by atoms with Crippen molar-refractivity contribution in [1.82, 2.24) is 0 Å². The molecule has 0 aliphatic rings. The molecule has 1 rings (SSSR count). The Hall–Kier alpha value is -2.15. The number of benzene rings is 1. The Balaban J connectivity index is 0. The zero-order chi connectivity index (χ0) is 16.3. The van der Waals surface area contributed by atoms with Crippen molar-refractivity contribution < 1.29 is 4.79 Å². The summed E-state index contributed by atoms with van der Waals surface area (Å²) in [5, 5.41) is 19.3. The minimum atomic E-state index is -0.211. The van der Waals surface area contributed by atoms with Gasteiger partial charge in [-0.25, -0.2) is 0 Å². The van der Waals surface area contributed by atoms with Gasteiger partial charge in [0.1, 0.15) is 0 Å². The molecule has 0 spiro atoms. The van der Waals surface area contributed by atoms with Crippen LogP contribution in [0.3, 0.4) is 0 Å². The normalized spacial score (nSPS) is 8.10. The van der Waals surface area contributed by atoms with Crippen LogP contribution >= 0.6 is 0 Å². The Bertz CT molecular complexity index is 499. The van der Waals surface area contributed by atoms with Crippen LogP contribution in [0.1, 0.15) is 58.2 Å². The summed E-state index contributed by atoms with van der Waals surface area (Å²) in [6, 6.07) is 5.51. The topological polar surface area (TPSA) is 76.7 Å². The van der Waals surface area contributed by atoms with Crippen LogP contribution in [-0.2, 0) is 4.79 Å². The number of aryl methyl sites for hydroxylation is 1. The molecule has 4 heteroatoms. The summed E-state index contributed by atoms with van der Waals surface area (Å²) in [7, 11) is 0. The number of rotatable bonds is 2. The van der Waals surface area contributed by atoms with Gasteiger partial charge in [0.15, 0.2) is 0 Å². The maximum Gasteiger partial charge on any atom is 0.221 e. The van der Waals surface area contributed by atoms with Crippen LogP contribution in [0.25, 0.3) is 0 Å². The number of carbonyl (C=O) groups is 1. The number of amides is 1. The maximum absolute atomic E-state index is 11.0. The molecule has 0 unspecified atom stereocenters. The molecule has 110 valence electrons. The van der Waals surface area contributed by atoms with E-state index in [4.69, 9.17) is 10.7 Å². The van der Waals surface area contributed by atoms with E-state index in [0.29, 0.717) is 16.8 Å². The average Bonchev–Trinajstić information content (AvgIpc) is 2.41. The van der Waals surface area contributed by atoms with Gasteiger partial charge in [-0.15, -0.1) is 0 Å². The van der Waals surface area contributed by atoms with Gasteiger partial charge in [-0.1, -0.05) is 27.7 Å². The van der Waals surface area contributed by atoms with Gasteiger partial charge in [-0.05, 0) is 31.5 Å². The molecule has 0 aromatic heterocycles. The summed E-state index contributed by atoms with van der Waals surface area (Å²) in [6.07, 6.45) is 0. The third kappa shape index (κ3) is 6.14. The van der Waals surface area contributed by atoms with E-state index < -0.39 is 0 Å². The Morgan fingerprint density at radius 1 is 1.20 bits per heavy atom. The number of anilines is 1. The summed E-state index contributed by atoms with van der Waals surface area (Å²) in [5.41, 5.74) is 2.57. The van der Waals surface area contributed by atoms with E-state index >= 15 is 0 Å². The molecule has 0 heterocycles. The predicted molar refractivity (Wildman–Crippen MR) is 85.4 cm³/mol. The number of nitriles is 1. The molecule has 1 aromatic rings. The monoisotopic (exact) mass is 275 g/mol. The quantitative estimate of drug-likeness (QED) is 0.791. The van der Waals surface area contributed by atoms with Gasteiger partial charge < -0.3 is 10.7 Å². The van der Waals surface area contributed by atoms with Crippen molar-refractivity contribution in [3.05, 3.63) is 28.8 Å². The van der Waals surface area contributed by atoms with Crippen molar-refractivity contribution in [3.63, 3.8) is 0 Å². The Morgan fingerprint density at radius 3 is 2.05 bits per heavy atom. The number of hydrogen-bond donors (Lipinski definition) is 2. The van der Waals surface area contributed by atoms with Crippen molar-refractivity contribution in [2.24, 2.45) is 0 Å². The lowest BCUT2D eigenvalue weighted by Crippen LogP contribution is -2.11. The van der Waals surface area contributed by atoms with Crippen LogP contribution in [0.5, 0.6) is 0 Å². The van der Waals surface area contributed by atoms with E-state index in [9.17, 15) is 4.79 Å². The SMILES string of the molecule is CC.CC.CC(=N)c1c(C#N)cc(C)cc1NC(C)=O. The standard InChI is InChI=1S/C12H13N3O.2C2H6/c1-7-4-10(6-13)12(8(2)14)11(5-7)15-9(3)16;2*1-2/h4-5,14H,1-3H3,(H,15,16);2*1-2H3. The maximum atomic E-state index is 11.0. The number of carbonyl (C=O) groups excluding carboxylic acids is 1. The van der Waals surface area contributed by atoms with Crippen molar-refractivity contribution >= 4 is 17.3 Å². The lowest BCUT2D eigenvalue weighted by Gasteiger charge is -2.11. The van der Waals surface area contributed by atoms with Gasteiger partial charge >= 0.3 is 0 Å². The van der Waals surface area contributed by atoms with Crippen molar-refractivity contribution in [2.75, 3.05) is 5.32 Å². The zero-order valence-corrected chi connectivity index (χ0v) is 13.5. The van der Waals surface area contributed by atoms with Crippen LogP contribution in [0, 0.1) is 23.7 Å². The highest BCUT2D eigenvalue weighted by molar-refractivity contribution is 6.06. The molecule has 0 fully saturated rings. The second-order valence-corrected chi connectivity index (χ2v) is 3.65. The van der Waals surface area contributed by atoms with Gasteiger partial charge in [0, 0.05) is 18.2 Å². The fourth-order valence-corrected chi connectivity index (χ4v) is 1.57. The van der Waals surface area contributed by atoms with Gasteiger partial charge in [0.2, 0.25) is 5.91 Å². The van der Waals surface area contributed by atoms with Crippen molar-refractivity contribution in [2.45, 2.75) is 48.5 Å². The molecule has 2 N–H and O–H groups in total. The van der Waals surface area contributed by atoms with Crippen molar-refractivity contribution in [1.29, 1.82) is 10.7 Å². The molecule has 0 saturated carbocycles. The van der Waals surface area contributed by atoms with Crippen LogP contribution in [0.4, 0.5) is 5.69 Å². The lowest BCUT2D eigenvalue weighted by atomic mass is 9.99. The molecular formula is C16H25N3O. The Labute approximate surface area is 122 Å². The van der Waals surface area contributed by atoms with E-state index in [1.807, 2.05) is 40.7 Å². The van der Waals surface area contributed by atoms with E-state index in [2.05, 4.69) is 5.32 Å². The third-order valence-corrected chi connectivity index (χ3v) is 2.09. The third-order valence-electron chi connectivity index (χ3n) is 2.09. The molecule has 1 amide bonds. The van der Waals surface area contributed by atoms with Crippen LogP contribution < -0.4 is 5.32 Å². The second-order valence-electron chi connectivity index (χ2n) is 3.65. The highest BCUT2D eigenvalue weighted by Crippen LogP contribution is 2.22. The molecule has 1 aromatic carbocycles. The first-order valence-electron chi connectivity index (χ1n) is 6.83. The smallest absolute Gasteiger partial charge is 0.221 e. The van der Waals surface area contributed by atoms with Crippen LogP contribution in [0.15, 0.2) is 12.1 Å². The van der Waals surface area contributed by atoms with E-state index in [1.165, 1.54) is 6.92 Å². The first kappa shape index (κ1) is 20.2. The minimum Gasteiger partial charge on any atom is -0.326 e. The first-order chi connectivity index (χ1) is 9.45. The average molecular weight is 275 g/mol. The molecule has 0 atom stereocenters. The van der Waals surface area contributed by atoms with E-state index in [1.54, 1.807) is 19.1 Å². The van der Waals surface area contributed by atoms with Crippen molar-refractivity contribution in [3.8, 4) is 6.07 Å². The van der Waals surface area contributed by atoms with Crippen LogP contribution in [0.2, 0.25) is 0 Å². The van der Waals surface area contributed by atoms with E-state index in [0.717, 1.165) is 5.56 Å². The fourth-order valence-electron chi connectivity index (χ4n) is 1.57. The number of hydrogen-bond acceptors (Lipinski definition) is 3. The van der Waals surface area contributed by atoms with E-state index in [-0.39, 0.29) is 11.6 Å².